The number of aromatic nitrogens is 2. The van der Waals surface area contributed by atoms with Gasteiger partial charge in [0.05, 0.1) is 0 Å². The number of nitrogens with zero attached hydrogens (tertiary/aromatic N) is 2. The van der Waals surface area contributed by atoms with Gasteiger partial charge >= 0.3 is 0 Å². The number of benzene rings is 1. The Morgan fingerprint density at radius 3 is 2.75 bits per heavy atom. The van der Waals surface area contributed by atoms with Gasteiger partial charge in [0.2, 0.25) is 0 Å². The predicted octanol–water partition coefficient (Wildman–Crippen LogP) is 2.42. The average molecular weight is 213 g/mol. The van der Waals surface area contributed by atoms with Crippen LogP contribution in [0.2, 0.25) is 0 Å². The van der Waals surface area contributed by atoms with Crippen LogP contribution >= 0.6 is 0 Å². The monoisotopic (exact) mass is 213 g/mol. The van der Waals surface area contributed by atoms with E-state index in [1.807, 2.05) is 37.4 Å². The molecule has 2 aromatic heterocycles. The normalized spacial score (nSPS) is 11.1. The molecule has 0 saturated carbocycles. The number of hydrogen-bond acceptors (Lipinski definition) is 3. The van der Waals surface area contributed by atoms with Gasteiger partial charge in [-0.05, 0) is 12.1 Å². The molecule has 0 aliphatic heterocycles. The summed E-state index contributed by atoms with van der Waals surface area (Å²) in [5.41, 5.74) is 7.39. The number of nitrogen functional groups attached to an aromatic ring is 1. The van der Waals surface area contributed by atoms with Crippen molar-refractivity contribution in [2.24, 2.45) is 7.05 Å². The minimum absolute atomic E-state index is 0.498. The number of anilines is 1. The summed E-state index contributed by atoms with van der Waals surface area (Å²) < 4.78 is 7.45. The minimum atomic E-state index is 0.498. The van der Waals surface area contributed by atoms with Crippen LogP contribution in [-0.2, 0) is 7.05 Å². The highest BCUT2D eigenvalue weighted by Crippen LogP contribution is 2.28. The van der Waals surface area contributed by atoms with E-state index < -0.39 is 0 Å². The van der Waals surface area contributed by atoms with Crippen molar-refractivity contribution in [2.45, 2.75) is 0 Å². The highest BCUT2D eigenvalue weighted by molar-refractivity contribution is 5.82. The maximum atomic E-state index is 5.73. The van der Waals surface area contributed by atoms with Crippen LogP contribution in [0.1, 0.15) is 0 Å². The molecule has 3 rings (SSSR count). The molecule has 0 saturated heterocycles. The van der Waals surface area contributed by atoms with Crippen LogP contribution in [0.3, 0.4) is 0 Å². The van der Waals surface area contributed by atoms with Crippen LogP contribution in [0.25, 0.3) is 22.4 Å². The number of aryl methyl sites for hydroxylation is 1. The zero-order valence-electron chi connectivity index (χ0n) is 8.84. The molecule has 0 aliphatic rings. The van der Waals surface area contributed by atoms with Gasteiger partial charge in [-0.15, -0.1) is 0 Å². The summed E-state index contributed by atoms with van der Waals surface area (Å²) in [7, 11) is 1.85. The molecular weight excluding hydrogens is 202 g/mol. The van der Waals surface area contributed by atoms with E-state index in [-0.39, 0.29) is 0 Å². The first-order chi connectivity index (χ1) is 7.74. The first-order valence-electron chi connectivity index (χ1n) is 5.02. The summed E-state index contributed by atoms with van der Waals surface area (Å²) in [6, 6.07) is 11.7. The van der Waals surface area contributed by atoms with Gasteiger partial charge in [0, 0.05) is 18.5 Å². The zero-order valence-corrected chi connectivity index (χ0v) is 8.84. The van der Waals surface area contributed by atoms with Crippen molar-refractivity contribution >= 4 is 16.8 Å². The predicted molar refractivity (Wildman–Crippen MR) is 62.8 cm³/mol. The summed E-state index contributed by atoms with van der Waals surface area (Å²) >= 11 is 0. The third-order valence-electron chi connectivity index (χ3n) is 2.58. The third kappa shape index (κ3) is 1.27. The van der Waals surface area contributed by atoms with E-state index in [1.54, 1.807) is 10.7 Å². The molecule has 4 nitrogen and oxygen atoms in total. The number of para-hydroxylation sites is 1. The molecule has 16 heavy (non-hydrogen) atoms. The van der Waals surface area contributed by atoms with Crippen molar-refractivity contribution < 1.29 is 4.42 Å². The van der Waals surface area contributed by atoms with Crippen LogP contribution in [0.5, 0.6) is 0 Å². The Balaban J connectivity index is 2.22. The van der Waals surface area contributed by atoms with Gasteiger partial charge in [0.15, 0.2) is 5.76 Å². The lowest BCUT2D eigenvalue weighted by atomic mass is 10.2. The van der Waals surface area contributed by atoms with Gasteiger partial charge in [0.1, 0.15) is 17.1 Å². The van der Waals surface area contributed by atoms with E-state index in [4.69, 9.17) is 10.2 Å². The topological polar surface area (TPSA) is 57.0 Å². The van der Waals surface area contributed by atoms with E-state index in [0.717, 1.165) is 22.4 Å². The lowest BCUT2D eigenvalue weighted by Crippen LogP contribution is -1.93. The van der Waals surface area contributed by atoms with Gasteiger partial charge in [-0.1, -0.05) is 18.2 Å². The molecule has 0 amide bonds. The second-order valence-corrected chi connectivity index (χ2v) is 3.73. The number of furan rings is 1. The Labute approximate surface area is 92.3 Å². The number of rotatable bonds is 1. The van der Waals surface area contributed by atoms with E-state index in [2.05, 4.69) is 5.10 Å². The van der Waals surface area contributed by atoms with Crippen LogP contribution < -0.4 is 5.73 Å². The van der Waals surface area contributed by atoms with E-state index in [0.29, 0.717) is 5.82 Å². The standard InChI is InChI=1S/C12H11N3O/c1-15-9(7-12(13)14-15)11-6-8-4-2-3-5-10(8)16-11/h2-7H,1H3,(H2,13,14). The molecule has 0 radical (unpaired) electrons. The molecule has 0 unspecified atom stereocenters. The fourth-order valence-electron chi connectivity index (χ4n) is 1.83. The SMILES string of the molecule is Cn1nc(N)cc1-c1cc2ccccc2o1. The Bertz CT molecular complexity index is 618. The fraction of sp³-hybridized carbons (Fsp3) is 0.0833. The van der Waals surface area contributed by atoms with Gasteiger partial charge < -0.3 is 10.2 Å². The van der Waals surface area contributed by atoms with Crippen LogP contribution in [0, 0.1) is 0 Å². The molecule has 2 N–H and O–H groups in total. The van der Waals surface area contributed by atoms with Crippen molar-refractivity contribution in [1.82, 2.24) is 9.78 Å². The first-order valence-corrected chi connectivity index (χ1v) is 5.02. The first kappa shape index (κ1) is 9.03. The highest BCUT2D eigenvalue weighted by atomic mass is 16.3. The van der Waals surface area contributed by atoms with Crippen molar-refractivity contribution in [3.63, 3.8) is 0 Å². The molecule has 0 spiro atoms. The number of hydrogen-bond donors (Lipinski definition) is 1. The molecule has 2 heterocycles. The van der Waals surface area contributed by atoms with E-state index in [1.165, 1.54) is 0 Å². The Morgan fingerprint density at radius 1 is 1.25 bits per heavy atom. The molecule has 0 bridgehead atoms. The van der Waals surface area contributed by atoms with Crippen molar-refractivity contribution in [2.75, 3.05) is 5.73 Å². The summed E-state index contributed by atoms with van der Waals surface area (Å²) in [5.74, 6) is 1.28. The second-order valence-electron chi connectivity index (χ2n) is 3.73. The van der Waals surface area contributed by atoms with Crippen molar-refractivity contribution in [3.05, 3.63) is 36.4 Å². The van der Waals surface area contributed by atoms with Gasteiger partial charge in [-0.25, -0.2) is 0 Å². The van der Waals surface area contributed by atoms with Crippen LogP contribution in [0.4, 0.5) is 5.82 Å². The van der Waals surface area contributed by atoms with E-state index in [9.17, 15) is 0 Å². The van der Waals surface area contributed by atoms with Crippen molar-refractivity contribution in [3.8, 4) is 11.5 Å². The second kappa shape index (κ2) is 3.13. The molecule has 0 atom stereocenters. The van der Waals surface area contributed by atoms with E-state index >= 15 is 0 Å². The lowest BCUT2D eigenvalue weighted by molar-refractivity contribution is 0.618. The summed E-state index contributed by atoms with van der Waals surface area (Å²) in [4.78, 5) is 0. The smallest absolute Gasteiger partial charge is 0.153 e. The summed E-state index contributed by atoms with van der Waals surface area (Å²) in [6.45, 7) is 0. The van der Waals surface area contributed by atoms with Gasteiger partial charge in [-0.2, -0.15) is 5.10 Å². The molecule has 0 fully saturated rings. The maximum absolute atomic E-state index is 5.73. The highest BCUT2D eigenvalue weighted by Gasteiger charge is 2.10. The van der Waals surface area contributed by atoms with Crippen molar-refractivity contribution in [1.29, 1.82) is 0 Å². The lowest BCUT2D eigenvalue weighted by Gasteiger charge is -1.94. The number of nitrogens with two attached hydrogens (primary N) is 1. The average Bonchev–Trinajstić information content (AvgIpc) is 2.81. The number of fused-ring (bicyclic) bond motifs is 1. The Hall–Kier alpha value is -2.23. The minimum Gasteiger partial charge on any atom is -0.454 e. The fourth-order valence-corrected chi connectivity index (χ4v) is 1.83. The largest absolute Gasteiger partial charge is 0.454 e. The zero-order chi connectivity index (χ0) is 11.1. The molecule has 1 aromatic carbocycles. The Kier molecular flexibility index (Phi) is 1.77. The molecule has 3 aromatic rings. The molecule has 80 valence electrons. The molecule has 0 aliphatic carbocycles. The summed E-state index contributed by atoms with van der Waals surface area (Å²) in [6.07, 6.45) is 0. The van der Waals surface area contributed by atoms with Gasteiger partial charge in [-0.3, -0.25) is 4.68 Å². The molecule has 4 heteroatoms. The van der Waals surface area contributed by atoms with Crippen LogP contribution in [-0.4, -0.2) is 9.78 Å². The van der Waals surface area contributed by atoms with Crippen LogP contribution in [0.15, 0.2) is 40.8 Å². The van der Waals surface area contributed by atoms with Gasteiger partial charge in [0.25, 0.3) is 0 Å². The third-order valence-corrected chi connectivity index (χ3v) is 2.58. The summed E-state index contributed by atoms with van der Waals surface area (Å²) in [5, 5.41) is 5.17. The maximum Gasteiger partial charge on any atom is 0.153 e. The Morgan fingerprint density at radius 2 is 2.06 bits per heavy atom. The quantitative estimate of drug-likeness (QED) is 0.675. The molecular formula is C12H11N3O.